The first-order valence-corrected chi connectivity index (χ1v) is 10.3. The van der Waals surface area contributed by atoms with Gasteiger partial charge in [-0.2, -0.15) is 5.26 Å². The van der Waals surface area contributed by atoms with Crippen molar-refractivity contribution in [3.8, 4) is 6.07 Å². The summed E-state index contributed by atoms with van der Waals surface area (Å²) in [5.74, 6) is 0. The summed E-state index contributed by atoms with van der Waals surface area (Å²) < 4.78 is 27.6. The zero-order chi connectivity index (χ0) is 19.0. The molecule has 2 aromatic carbocycles. The Kier molecular flexibility index (Phi) is 4.56. The van der Waals surface area contributed by atoms with Gasteiger partial charge in [0.1, 0.15) is 6.07 Å². The standard InChI is InChI=1S/C19H17ClN4O2S/c20-15-2-1-3-16(12-15)27(25,26)24-9-6-17-18(23-10-7-22-8-11-23)5-4-14(13-21)19(17)24/h1-6,9,12,22H,7-8,10-11H2. The van der Waals surface area contributed by atoms with Crippen molar-refractivity contribution in [2.75, 3.05) is 31.1 Å². The van der Waals surface area contributed by atoms with E-state index in [2.05, 4.69) is 16.3 Å². The lowest BCUT2D eigenvalue weighted by molar-refractivity contribution is 0.588. The molecule has 8 heteroatoms. The molecule has 0 saturated carbocycles. The predicted molar refractivity (Wildman–Crippen MR) is 106 cm³/mol. The summed E-state index contributed by atoms with van der Waals surface area (Å²) in [6.07, 6.45) is 1.51. The van der Waals surface area contributed by atoms with E-state index in [1.807, 2.05) is 6.07 Å². The topological polar surface area (TPSA) is 78.1 Å². The Hall–Kier alpha value is -2.53. The van der Waals surface area contributed by atoms with Crippen molar-refractivity contribution >= 4 is 38.2 Å². The molecule has 0 unspecified atom stereocenters. The van der Waals surface area contributed by atoms with Gasteiger partial charge in [-0.25, -0.2) is 12.4 Å². The van der Waals surface area contributed by atoms with Gasteiger partial charge in [0.2, 0.25) is 0 Å². The van der Waals surface area contributed by atoms with Crippen LogP contribution < -0.4 is 10.2 Å². The predicted octanol–water partition coefficient (Wildman–Crippen LogP) is 2.81. The van der Waals surface area contributed by atoms with E-state index < -0.39 is 10.0 Å². The van der Waals surface area contributed by atoms with Crippen LogP contribution in [0.3, 0.4) is 0 Å². The third-order valence-corrected chi connectivity index (χ3v) is 6.63. The maximum Gasteiger partial charge on any atom is 0.268 e. The number of nitriles is 1. The maximum atomic E-state index is 13.2. The van der Waals surface area contributed by atoms with Gasteiger partial charge in [0.25, 0.3) is 10.0 Å². The van der Waals surface area contributed by atoms with Crippen molar-refractivity contribution < 1.29 is 8.42 Å². The van der Waals surface area contributed by atoms with Crippen LogP contribution in [0.25, 0.3) is 10.9 Å². The molecule has 3 aromatic rings. The number of nitrogens with one attached hydrogen (secondary N) is 1. The van der Waals surface area contributed by atoms with Crippen LogP contribution in [0, 0.1) is 11.3 Å². The third kappa shape index (κ3) is 3.06. The molecule has 4 rings (SSSR count). The van der Waals surface area contributed by atoms with Crippen LogP contribution in [-0.2, 0) is 10.0 Å². The van der Waals surface area contributed by atoms with Gasteiger partial charge in [0.15, 0.2) is 0 Å². The van der Waals surface area contributed by atoms with Gasteiger partial charge in [0, 0.05) is 48.5 Å². The van der Waals surface area contributed by atoms with Gasteiger partial charge in [0.05, 0.1) is 16.0 Å². The minimum absolute atomic E-state index is 0.0870. The highest BCUT2D eigenvalue weighted by molar-refractivity contribution is 7.90. The summed E-state index contributed by atoms with van der Waals surface area (Å²) in [7, 11) is -3.87. The highest BCUT2D eigenvalue weighted by atomic mass is 35.5. The summed E-state index contributed by atoms with van der Waals surface area (Å²) in [6.45, 7) is 3.38. The van der Waals surface area contributed by atoms with Crippen molar-refractivity contribution in [3.63, 3.8) is 0 Å². The van der Waals surface area contributed by atoms with Crippen molar-refractivity contribution in [3.05, 3.63) is 59.2 Å². The summed E-state index contributed by atoms with van der Waals surface area (Å²) in [5, 5.41) is 14.0. The van der Waals surface area contributed by atoms with Gasteiger partial charge in [-0.3, -0.25) is 0 Å². The Morgan fingerprint density at radius 3 is 2.59 bits per heavy atom. The van der Waals surface area contributed by atoms with E-state index in [4.69, 9.17) is 11.6 Å². The average molecular weight is 401 g/mol. The summed E-state index contributed by atoms with van der Waals surface area (Å²) >= 11 is 5.98. The van der Waals surface area contributed by atoms with Crippen LogP contribution in [0.1, 0.15) is 5.56 Å². The molecule has 6 nitrogen and oxygen atoms in total. The largest absolute Gasteiger partial charge is 0.368 e. The fraction of sp³-hybridized carbons (Fsp3) is 0.211. The minimum Gasteiger partial charge on any atom is -0.368 e. The van der Waals surface area contributed by atoms with Crippen LogP contribution in [0.4, 0.5) is 5.69 Å². The Morgan fingerprint density at radius 2 is 1.89 bits per heavy atom. The molecule has 0 aliphatic carbocycles. The van der Waals surface area contributed by atoms with Gasteiger partial charge in [-0.05, 0) is 36.4 Å². The zero-order valence-corrected chi connectivity index (χ0v) is 16.0. The molecule has 1 aromatic heterocycles. The Balaban J connectivity index is 1.93. The van der Waals surface area contributed by atoms with Crippen molar-refractivity contribution in [2.24, 2.45) is 0 Å². The van der Waals surface area contributed by atoms with Crippen LogP contribution >= 0.6 is 11.6 Å². The number of hydrogen-bond acceptors (Lipinski definition) is 5. The average Bonchev–Trinajstić information content (AvgIpc) is 3.14. The molecule has 0 amide bonds. The number of piperazine rings is 1. The lowest BCUT2D eigenvalue weighted by Crippen LogP contribution is -2.43. The van der Waals surface area contributed by atoms with E-state index in [-0.39, 0.29) is 4.90 Å². The SMILES string of the molecule is N#Cc1ccc(N2CCNCC2)c2ccn(S(=O)(=O)c3cccc(Cl)c3)c12. The Bertz CT molecular complexity index is 1160. The molecule has 1 aliphatic rings. The third-order valence-electron chi connectivity index (χ3n) is 4.72. The van der Waals surface area contributed by atoms with E-state index in [1.165, 1.54) is 22.3 Å². The number of aromatic nitrogens is 1. The van der Waals surface area contributed by atoms with Crippen molar-refractivity contribution in [1.82, 2.24) is 9.29 Å². The molecule has 1 saturated heterocycles. The lowest BCUT2D eigenvalue weighted by Gasteiger charge is -2.30. The highest BCUT2D eigenvalue weighted by Crippen LogP contribution is 2.33. The fourth-order valence-electron chi connectivity index (χ4n) is 3.43. The second-order valence-electron chi connectivity index (χ2n) is 6.32. The van der Waals surface area contributed by atoms with Crippen LogP contribution in [0.2, 0.25) is 5.02 Å². The first-order valence-electron chi connectivity index (χ1n) is 8.53. The van der Waals surface area contributed by atoms with Gasteiger partial charge in [-0.1, -0.05) is 17.7 Å². The highest BCUT2D eigenvalue weighted by Gasteiger charge is 2.24. The first kappa shape index (κ1) is 17.9. The fourth-order valence-corrected chi connectivity index (χ4v) is 5.10. The number of nitrogens with zero attached hydrogens (tertiary/aromatic N) is 3. The first-order chi connectivity index (χ1) is 13.0. The molecular weight excluding hydrogens is 384 g/mol. The molecule has 2 heterocycles. The molecule has 0 bridgehead atoms. The lowest BCUT2D eigenvalue weighted by atomic mass is 10.1. The van der Waals surface area contributed by atoms with E-state index in [9.17, 15) is 13.7 Å². The number of hydrogen-bond donors (Lipinski definition) is 1. The monoisotopic (exact) mass is 400 g/mol. The summed E-state index contributed by atoms with van der Waals surface area (Å²) in [5.41, 5.74) is 1.65. The zero-order valence-electron chi connectivity index (χ0n) is 14.4. The second kappa shape index (κ2) is 6.89. The van der Waals surface area contributed by atoms with Crippen LogP contribution in [-0.4, -0.2) is 38.6 Å². The quantitative estimate of drug-likeness (QED) is 0.731. The molecule has 138 valence electrons. The maximum absolute atomic E-state index is 13.2. The molecule has 1 aliphatic heterocycles. The molecule has 0 radical (unpaired) electrons. The number of halogens is 1. The van der Waals surface area contributed by atoms with Crippen molar-refractivity contribution in [2.45, 2.75) is 4.90 Å². The summed E-state index contributed by atoms with van der Waals surface area (Å²) in [6, 6.07) is 13.6. The molecular formula is C19H17ClN4O2S. The normalized spacial score (nSPS) is 15.0. The van der Waals surface area contributed by atoms with E-state index >= 15 is 0 Å². The van der Waals surface area contributed by atoms with Gasteiger partial charge >= 0.3 is 0 Å². The molecule has 1 N–H and O–H groups in total. The van der Waals surface area contributed by atoms with Gasteiger partial charge < -0.3 is 10.2 Å². The number of fused-ring (bicyclic) bond motifs is 1. The van der Waals surface area contributed by atoms with E-state index in [0.717, 1.165) is 37.3 Å². The molecule has 27 heavy (non-hydrogen) atoms. The van der Waals surface area contributed by atoms with E-state index in [0.29, 0.717) is 16.1 Å². The van der Waals surface area contributed by atoms with E-state index in [1.54, 1.807) is 24.3 Å². The number of rotatable bonds is 3. The molecule has 0 atom stereocenters. The number of anilines is 1. The molecule has 1 fully saturated rings. The van der Waals surface area contributed by atoms with Crippen LogP contribution in [0.15, 0.2) is 53.6 Å². The Labute approximate surface area is 162 Å². The minimum atomic E-state index is -3.87. The second-order valence-corrected chi connectivity index (χ2v) is 8.57. The summed E-state index contributed by atoms with van der Waals surface area (Å²) in [4.78, 5) is 2.29. The smallest absolute Gasteiger partial charge is 0.268 e. The molecule has 0 spiro atoms. The van der Waals surface area contributed by atoms with Gasteiger partial charge in [-0.15, -0.1) is 0 Å². The van der Waals surface area contributed by atoms with Crippen molar-refractivity contribution in [1.29, 1.82) is 5.26 Å². The number of benzene rings is 2. The Morgan fingerprint density at radius 1 is 1.11 bits per heavy atom. The van der Waals surface area contributed by atoms with Crippen LogP contribution in [0.5, 0.6) is 0 Å².